The summed E-state index contributed by atoms with van der Waals surface area (Å²) in [7, 11) is 0. The number of nitrogens with zero attached hydrogens (tertiary/aromatic N) is 1. The van der Waals surface area contributed by atoms with Crippen LogP contribution in [0.5, 0.6) is 0 Å². The Hall–Kier alpha value is -1.30. The monoisotopic (exact) mass is 270 g/mol. The fraction of sp³-hybridized carbons (Fsp3) is 0.846. The predicted octanol–water partition coefficient (Wildman–Crippen LogP) is 0.937. The van der Waals surface area contributed by atoms with E-state index >= 15 is 0 Å². The summed E-state index contributed by atoms with van der Waals surface area (Å²) in [4.78, 5) is 25.0. The number of fused-ring (bicyclic) bond motifs is 2. The molecule has 0 aliphatic carbocycles. The van der Waals surface area contributed by atoms with Crippen LogP contribution in [0.3, 0.4) is 0 Å². The molecule has 2 unspecified atom stereocenters. The number of hydrogen-bond donors (Lipinski definition) is 3. The van der Waals surface area contributed by atoms with Gasteiger partial charge in [0.2, 0.25) is 0 Å². The van der Waals surface area contributed by atoms with Gasteiger partial charge in [0.15, 0.2) is 0 Å². The van der Waals surface area contributed by atoms with Crippen molar-refractivity contribution in [2.45, 2.75) is 69.7 Å². The first-order valence-corrected chi connectivity index (χ1v) is 7.02. The Morgan fingerprint density at radius 1 is 1.32 bits per heavy atom. The van der Waals surface area contributed by atoms with E-state index in [0.29, 0.717) is 25.7 Å². The molecular weight excluding hydrogens is 248 g/mol. The SMILES string of the molecule is CCC[C@H](NC(=O)N1C2CCC1CC(O)C2)C(=O)O. The molecule has 6 heteroatoms. The van der Waals surface area contributed by atoms with Crippen LogP contribution in [0.2, 0.25) is 0 Å². The number of hydrogen-bond acceptors (Lipinski definition) is 3. The first-order chi connectivity index (χ1) is 9.02. The molecule has 2 saturated heterocycles. The maximum atomic E-state index is 12.2. The van der Waals surface area contributed by atoms with E-state index in [9.17, 15) is 14.7 Å². The Bertz CT molecular complexity index is 347. The molecule has 0 spiro atoms. The van der Waals surface area contributed by atoms with Gasteiger partial charge in [0.25, 0.3) is 0 Å². The third kappa shape index (κ3) is 3.00. The molecule has 2 fully saturated rings. The fourth-order valence-corrected chi connectivity index (χ4v) is 3.25. The molecule has 0 aromatic rings. The molecule has 2 rings (SSSR count). The molecule has 0 radical (unpaired) electrons. The van der Waals surface area contributed by atoms with Crippen LogP contribution in [0.15, 0.2) is 0 Å². The van der Waals surface area contributed by atoms with Gasteiger partial charge in [-0.2, -0.15) is 0 Å². The first kappa shape index (κ1) is 14.1. The maximum absolute atomic E-state index is 12.2. The zero-order valence-electron chi connectivity index (χ0n) is 11.2. The quantitative estimate of drug-likeness (QED) is 0.709. The van der Waals surface area contributed by atoms with E-state index in [1.807, 2.05) is 6.92 Å². The largest absolute Gasteiger partial charge is 0.480 e. The number of nitrogens with one attached hydrogen (secondary N) is 1. The molecule has 0 aromatic carbocycles. The van der Waals surface area contributed by atoms with Crippen molar-refractivity contribution in [1.29, 1.82) is 0 Å². The van der Waals surface area contributed by atoms with Crippen LogP contribution in [-0.2, 0) is 4.79 Å². The second-order valence-electron chi connectivity index (χ2n) is 5.55. The lowest BCUT2D eigenvalue weighted by Crippen LogP contribution is -2.55. The Morgan fingerprint density at radius 3 is 2.37 bits per heavy atom. The molecule has 19 heavy (non-hydrogen) atoms. The number of carbonyl (C=O) groups excluding carboxylic acids is 1. The number of carbonyl (C=O) groups is 2. The minimum Gasteiger partial charge on any atom is -0.480 e. The normalized spacial score (nSPS) is 31.1. The first-order valence-electron chi connectivity index (χ1n) is 7.02. The lowest BCUT2D eigenvalue weighted by Gasteiger charge is -2.37. The molecule has 2 bridgehead atoms. The maximum Gasteiger partial charge on any atom is 0.326 e. The summed E-state index contributed by atoms with van der Waals surface area (Å²) in [6.45, 7) is 1.89. The Morgan fingerprint density at radius 2 is 1.89 bits per heavy atom. The van der Waals surface area contributed by atoms with Crippen LogP contribution >= 0.6 is 0 Å². The van der Waals surface area contributed by atoms with Crippen molar-refractivity contribution in [2.24, 2.45) is 0 Å². The number of aliphatic carboxylic acids is 1. The zero-order valence-corrected chi connectivity index (χ0v) is 11.2. The van der Waals surface area contributed by atoms with E-state index in [1.54, 1.807) is 4.90 Å². The second kappa shape index (κ2) is 5.77. The molecular formula is C13H22N2O4. The van der Waals surface area contributed by atoms with Gasteiger partial charge < -0.3 is 20.4 Å². The predicted molar refractivity (Wildman–Crippen MR) is 68.8 cm³/mol. The van der Waals surface area contributed by atoms with Crippen LogP contribution < -0.4 is 5.32 Å². The van der Waals surface area contributed by atoms with E-state index in [4.69, 9.17) is 5.11 Å². The van der Waals surface area contributed by atoms with Crippen molar-refractivity contribution in [3.8, 4) is 0 Å². The van der Waals surface area contributed by atoms with Gasteiger partial charge in [0, 0.05) is 12.1 Å². The highest BCUT2D eigenvalue weighted by atomic mass is 16.4. The van der Waals surface area contributed by atoms with Crippen molar-refractivity contribution in [1.82, 2.24) is 10.2 Å². The minimum atomic E-state index is -0.986. The number of aliphatic hydroxyl groups is 1. The summed E-state index contributed by atoms with van der Waals surface area (Å²) < 4.78 is 0. The molecule has 2 heterocycles. The number of aliphatic hydroxyl groups excluding tert-OH is 1. The zero-order chi connectivity index (χ0) is 14.0. The van der Waals surface area contributed by atoms with Gasteiger partial charge in [-0.3, -0.25) is 0 Å². The average Bonchev–Trinajstić information content (AvgIpc) is 2.61. The van der Waals surface area contributed by atoms with Crippen molar-refractivity contribution >= 4 is 12.0 Å². The molecule has 0 saturated carbocycles. The number of urea groups is 1. The van der Waals surface area contributed by atoms with Gasteiger partial charge in [-0.25, -0.2) is 9.59 Å². The Balaban J connectivity index is 1.98. The molecule has 108 valence electrons. The third-order valence-corrected chi connectivity index (χ3v) is 4.12. The van der Waals surface area contributed by atoms with E-state index in [2.05, 4.69) is 5.32 Å². The van der Waals surface area contributed by atoms with Crippen molar-refractivity contribution in [3.63, 3.8) is 0 Å². The fourth-order valence-electron chi connectivity index (χ4n) is 3.25. The molecule has 0 aromatic heterocycles. The van der Waals surface area contributed by atoms with Gasteiger partial charge >= 0.3 is 12.0 Å². The van der Waals surface area contributed by atoms with E-state index in [1.165, 1.54) is 0 Å². The molecule has 2 aliphatic rings. The molecule has 3 atom stereocenters. The van der Waals surface area contributed by atoms with Crippen LogP contribution in [0.4, 0.5) is 4.79 Å². The van der Waals surface area contributed by atoms with E-state index in [-0.39, 0.29) is 24.2 Å². The minimum absolute atomic E-state index is 0.0600. The van der Waals surface area contributed by atoms with Gasteiger partial charge in [-0.15, -0.1) is 0 Å². The van der Waals surface area contributed by atoms with E-state index in [0.717, 1.165) is 12.8 Å². The van der Waals surface area contributed by atoms with Gasteiger partial charge in [0.05, 0.1) is 6.10 Å². The summed E-state index contributed by atoms with van der Waals surface area (Å²) in [6.07, 6.45) is 3.84. The highest BCUT2D eigenvalue weighted by Crippen LogP contribution is 2.35. The van der Waals surface area contributed by atoms with Crippen LogP contribution in [-0.4, -0.2) is 51.3 Å². The highest BCUT2D eigenvalue weighted by Gasteiger charge is 2.43. The van der Waals surface area contributed by atoms with Crippen LogP contribution in [0.1, 0.15) is 45.4 Å². The summed E-state index contributed by atoms with van der Waals surface area (Å²) in [6, 6.07) is -0.987. The van der Waals surface area contributed by atoms with E-state index < -0.39 is 12.0 Å². The van der Waals surface area contributed by atoms with Gasteiger partial charge in [-0.05, 0) is 32.1 Å². The van der Waals surface area contributed by atoms with Gasteiger partial charge in [0.1, 0.15) is 6.04 Å². The lowest BCUT2D eigenvalue weighted by molar-refractivity contribution is -0.139. The molecule has 2 aliphatic heterocycles. The summed E-state index contributed by atoms with van der Waals surface area (Å²) in [5, 5.41) is 21.4. The number of piperidine rings is 1. The number of carboxylic acids is 1. The van der Waals surface area contributed by atoms with Crippen molar-refractivity contribution in [3.05, 3.63) is 0 Å². The standard InChI is InChI=1S/C13H22N2O4/c1-2-3-11(12(17)18)14-13(19)15-8-4-5-9(15)7-10(16)6-8/h8-11,16H,2-7H2,1H3,(H,14,19)(H,17,18)/t8?,9?,10?,11-/m0/s1. The number of rotatable bonds is 4. The summed E-state index contributed by atoms with van der Waals surface area (Å²) >= 11 is 0. The number of carboxylic acid groups (broad SMARTS) is 1. The average molecular weight is 270 g/mol. The van der Waals surface area contributed by atoms with Crippen LogP contribution in [0, 0.1) is 0 Å². The summed E-state index contributed by atoms with van der Waals surface area (Å²) in [5.41, 5.74) is 0. The van der Waals surface area contributed by atoms with Gasteiger partial charge in [-0.1, -0.05) is 13.3 Å². The van der Waals surface area contributed by atoms with Crippen molar-refractivity contribution in [2.75, 3.05) is 0 Å². The Labute approximate surface area is 112 Å². The Kier molecular flexibility index (Phi) is 4.29. The molecule has 6 nitrogen and oxygen atoms in total. The second-order valence-corrected chi connectivity index (χ2v) is 5.55. The highest BCUT2D eigenvalue weighted by molar-refractivity contribution is 5.83. The third-order valence-electron chi connectivity index (χ3n) is 4.12. The smallest absolute Gasteiger partial charge is 0.326 e. The number of amides is 2. The molecule has 3 N–H and O–H groups in total. The van der Waals surface area contributed by atoms with Crippen LogP contribution in [0.25, 0.3) is 0 Å². The topological polar surface area (TPSA) is 89.9 Å². The summed E-state index contributed by atoms with van der Waals surface area (Å²) in [5.74, 6) is -0.986. The van der Waals surface area contributed by atoms with Crippen molar-refractivity contribution < 1.29 is 19.8 Å². The lowest BCUT2D eigenvalue weighted by atomic mass is 10.0. The molecule has 2 amide bonds.